The highest BCUT2D eigenvalue weighted by atomic mass is 35.5. The third-order valence-corrected chi connectivity index (χ3v) is 7.02. The molecule has 7 nitrogen and oxygen atoms in total. The van der Waals surface area contributed by atoms with E-state index in [9.17, 15) is 14.7 Å². The fourth-order valence-corrected chi connectivity index (χ4v) is 4.82. The molecule has 4 rings (SSSR count). The topological polar surface area (TPSA) is 79.3 Å². The van der Waals surface area contributed by atoms with E-state index in [2.05, 4.69) is 18.7 Å². The van der Waals surface area contributed by atoms with Gasteiger partial charge in [-0.3, -0.25) is 14.5 Å². The van der Waals surface area contributed by atoms with Crippen molar-refractivity contribution in [2.24, 2.45) is 5.92 Å². The van der Waals surface area contributed by atoms with E-state index in [4.69, 9.17) is 21.1 Å². The Labute approximate surface area is 223 Å². The van der Waals surface area contributed by atoms with Crippen LogP contribution < -0.4 is 4.74 Å². The number of nitrogens with zero attached hydrogens (tertiary/aromatic N) is 2. The summed E-state index contributed by atoms with van der Waals surface area (Å²) in [5, 5.41) is 11.7. The summed E-state index contributed by atoms with van der Waals surface area (Å²) in [6, 6.07) is 13.3. The molecule has 1 unspecified atom stereocenters. The number of hydrogen-bond donors (Lipinski definition) is 1. The predicted octanol–water partition coefficient (Wildman–Crippen LogP) is 4.91. The molecule has 198 valence electrons. The van der Waals surface area contributed by atoms with Crippen LogP contribution in [0.4, 0.5) is 0 Å². The lowest BCUT2D eigenvalue weighted by Crippen LogP contribution is -2.38. The predicted molar refractivity (Wildman–Crippen MR) is 144 cm³/mol. The largest absolute Gasteiger partial charge is 0.507 e. The minimum absolute atomic E-state index is 0.0815. The molecule has 0 radical (unpaired) electrons. The lowest BCUT2D eigenvalue weighted by molar-refractivity contribution is -0.140. The van der Waals surface area contributed by atoms with Gasteiger partial charge in [-0.05, 0) is 60.7 Å². The molecule has 0 saturated carbocycles. The number of likely N-dealkylation sites (tertiary alicyclic amines) is 1. The fraction of sp³-hybridized carbons (Fsp3) is 0.448. The molecule has 1 amide bonds. The lowest BCUT2D eigenvalue weighted by atomic mass is 9.95. The zero-order chi connectivity index (χ0) is 26.4. The van der Waals surface area contributed by atoms with Gasteiger partial charge in [-0.15, -0.1) is 0 Å². The highest BCUT2D eigenvalue weighted by molar-refractivity contribution is 6.46. The zero-order valence-corrected chi connectivity index (χ0v) is 22.2. The van der Waals surface area contributed by atoms with Crippen molar-refractivity contribution in [3.63, 3.8) is 0 Å². The first kappa shape index (κ1) is 27.2. The molecule has 0 spiro atoms. The highest BCUT2D eigenvalue weighted by Crippen LogP contribution is 2.40. The molecule has 1 N–H and O–H groups in total. The zero-order valence-electron chi connectivity index (χ0n) is 21.5. The van der Waals surface area contributed by atoms with Crippen LogP contribution in [0.15, 0.2) is 54.1 Å². The second-order valence-corrected chi connectivity index (χ2v) is 10.3. The molecule has 2 aliphatic heterocycles. The molecule has 37 heavy (non-hydrogen) atoms. The van der Waals surface area contributed by atoms with Crippen LogP contribution in [0.3, 0.4) is 0 Å². The normalized spacial score (nSPS) is 20.1. The monoisotopic (exact) mass is 526 g/mol. The lowest BCUT2D eigenvalue weighted by Gasteiger charge is -2.29. The second kappa shape index (κ2) is 12.6. The van der Waals surface area contributed by atoms with E-state index in [-0.39, 0.29) is 11.3 Å². The first-order chi connectivity index (χ1) is 17.8. The molecule has 8 heteroatoms. The van der Waals surface area contributed by atoms with Gasteiger partial charge in [0.25, 0.3) is 11.7 Å². The van der Waals surface area contributed by atoms with Crippen LogP contribution in [0.2, 0.25) is 5.02 Å². The summed E-state index contributed by atoms with van der Waals surface area (Å²) in [5.74, 6) is -0.310. The van der Waals surface area contributed by atoms with Crippen molar-refractivity contribution in [3.8, 4) is 5.75 Å². The maximum Gasteiger partial charge on any atom is 0.295 e. The molecule has 0 bridgehead atoms. The van der Waals surface area contributed by atoms with Gasteiger partial charge >= 0.3 is 0 Å². The Morgan fingerprint density at radius 1 is 1.11 bits per heavy atom. The standard InChI is InChI=1S/C29H35ClN2O5/c1-20(2)11-16-37-24-6-3-5-22(19-24)26-25(27(33)21-7-9-23(30)10-8-21)28(34)29(35)32(26)13-4-12-31-14-17-36-18-15-31/h3,5-10,19-20,26,33H,4,11-18H2,1-2H3/b27-25+. The quantitative estimate of drug-likeness (QED) is 0.269. The van der Waals surface area contributed by atoms with E-state index >= 15 is 0 Å². The fourth-order valence-electron chi connectivity index (χ4n) is 4.70. The summed E-state index contributed by atoms with van der Waals surface area (Å²) in [7, 11) is 0. The number of hydrogen-bond acceptors (Lipinski definition) is 6. The van der Waals surface area contributed by atoms with Crippen molar-refractivity contribution in [3.05, 3.63) is 70.3 Å². The Morgan fingerprint density at radius 2 is 1.84 bits per heavy atom. The minimum Gasteiger partial charge on any atom is -0.507 e. The number of carbonyl (C=O) groups is 2. The number of halogens is 1. The van der Waals surface area contributed by atoms with Gasteiger partial charge in [0.2, 0.25) is 0 Å². The average Bonchev–Trinajstić information content (AvgIpc) is 3.14. The molecule has 1 atom stereocenters. The Balaban J connectivity index is 1.65. The number of aliphatic hydroxyl groups excluding tert-OH is 1. The van der Waals surface area contributed by atoms with Gasteiger partial charge in [0.1, 0.15) is 11.5 Å². The molecule has 2 aliphatic rings. The number of benzene rings is 2. The summed E-state index contributed by atoms with van der Waals surface area (Å²) in [6.07, 6.45) is 1.62. The Morgan fingerprint density at radius 3 is 2.54 bits per heavy atom. The second-order valence-electron chi connectivity index (χ2n) is 9.91. The maximum absolute atomic E-state index is 13.3. The molecule has 2 aromatic rings. The molecule has 0 aromatic heterocycles. The Hall–Kier alpha value is -2.87. The average molecular weight is 527 g/mol. The van der Waals surface area contributed by atoms with Crippen LogP contribution in [-0.2, 0) is 14.3 Å². The first-order valence-electron chi connectivity index (χ1n) is 12.9. The van der Waals surface area contributed by atoms with E-state index < -0.39 is 17.7 Å². The van der Waals surface area contributed by atoms with E-state index in [1.165, 1.54) is 0 Å². The van der Waals surface area contributed by atoms with Gasteiger partial charge in [-0.2, -0.15) is 0 Å². The molecular formula is C29H35ClN2O5. The van der Waals surface area contributed by atoms with Crippen molar-refractivity contribution in [2.45, 2.75) is 32.7 Å². The molecule has 0 aliphatic carbocycles. The number of aliphatic hydroxyl groups is 1. The number of amides is 1. The van der Waals surface area contributed by atoms with Crippen LogP contribution in [-0.4, -0.2) is 72.6 Å². The van der Waals surface area contributed by atoms with Gasteiger partial charge in [-0.25, -0.2) is 0 Å². The summed E-state index contributed by atoms with van der Waals surface area (Å²) < 4.78 is 11.4. The molecule has 2 aromatic carbocycles. The SMILES string of the molecule is CC(C)CCOc1cccc(C2/C(=C(\O)c3ccc(Cl)cc3)C(=O)C(=O)N2CCCN2CCOCC2)c1. The number of morpholine rings is 1. The summed E-state index contributed by atoms with van der Waals surface area (Å²) in [4.78, 5) is 30.4. The Kier molecular flexibility index (Phi) is 9.24. The molecule has 2 heterocycles. The van der Waals surface area contributed by atoms with Crippen molar-refractivity contribution < 1.29 is 24.2 Å². The van der Waals surface area contributed by atoms with Gasteiger partial charge in [0, 0.05) is 36.8 Å². The molecular weight excluding hydrogens is 492 g/mol. The van der Waals surface area contributed by atoms with Crippen molar-refractivity contribution in [2.75, 3.05) is 46.0 Å². The van der Waals surface area contributed by atoms with Gasteiger partial charge in [-0.1, -0.05) is 37.6 Å². The van der Waals surface area contributed by atoms with Gasteiger partial charge < -0.3 is 19.5 Å². The van der Waals surface area contributed by atoms with Gasteiger partial charge in [0.15, 0.2) is 0 Å². The summed E-state index contributed by atoms with van der Waals surface area (Å²) in [5.41, 5.74) is 1.24. The number of ketones is 1. The van der Waals surface area contributed by atoms with E-state index in [1.807, 2.05) is 24.3 Å². The Bertz CT molecular complexity index is 1130. The van der Waals surface area contributed by atoms with Crippen LogP contribution in [0.1, 0.15) is 43.9 Å². The van der Waals surface area contributed by atoms with Crippen LogP contribution >= 0.6 is 11.6 Å². The number of carbonyl (C=O) groups excluding carboxylic acids is 2. The van der Waals surface area contributed by atoms with Crippen LogP contribution in [0, 0.1) is 5.92 Å². The number of ether oxygens (including phenoxy) is 2. The number of Topliss-reactive ketones (excluding diaryl/α,β-unsaturated/α-hetero) is 1. The summed E-state index contributed by atoms with van der Waals surface area (Å²) in [6.45, 7) is 9.16. The number of rotatable bonds is 10. The van der Waals surface area contributed by atoms with Gasteiger partial charge in [0.05, 0.1) is 31.4 Å². The highest BCUT2D eigenvalue weighted by Gasteiger charge is 2.46. The summed E-state index contributed by atoms with van der Waals surface area (Å²) >= 11 is 6.02. The molecule has 2 saturated heterocycles. The van der Waals surface area contributed by atoms with E-state index in [1.54, 1.807) is 29.2 Å². The molecule has 2 fully saturated rings. The van der Waals surface area contributed by atoms with Crippen molar-refractivity contribution >= 4 is 29.1 Å². The third kappa shape index (κ3) is 6.72. The van der Waals surface area contributed by atoms with Crippen LogP contribution in [0.25, 0.3) is 5.76 Å². The van der Waals surface area contributed by atoms with Crippen molar-refractivity contribution in [1.82, 2.24) is 9.80 Å². The maximum atomic E-state index is 13.3. The van der Waals surface area contributed by atoms with E-state index in [0.717, 1.165) is 31.6 Å². The first-order valence-corrected chi connectivity index (χ1v) is 13.3. The third-order valence-electron chi connectivity index (χ3n) is 6.77. The van der Waals surface area contributed by atoms with Crippen molar-refractivity contribution in [1.29, 1.82) is 0 Å². The van der Waals surface area contributed by atoms with E-state index in [0.29, 0.717) is 55.0 Å². The minimum atomic E-state index is -0.714. The smallest absolute Gasteiger partial charge is 0.295 e. The van der Waals surface area contributed by atoms with Crippen LogP contribution in [0.5, 0.6) is 5.75 Å².